The van der Waals surface area contributed by atoms with E-state index in [-0.39, 0.29) is 18.2 Å². The average molecular weight is 195 g/mol. The highest BCUT2D eigenvalue weighted by atomic mass is 32.1. The second-order valence-electron chi connectivity index (χ2n) is 2.99. The summed E-state index contributed by atoms with van der Waals surface area (Å²) >= 11 is 1.42. The minimum atomic E-state index is -0.0131. The van der Waals surface area contributed by atoms with Crippen molar-refractivity contribution in [1.82, 2.24) is 4.90 Å². The van der Waals surface area contributed by atoms with Gasteiger partial charge in [-0.1, -0.05) is 6.07 Å². The number of hydrogen-bond donors (Lipinski definition) is 0. The van der Waals surface area contributed by atoms with Crippen LogP contribution in [-0.2, 0) is 4.79 Å². The van der Waals surface area contributed by atoms with Gasteiger partial charge in [0.25, 0.3) is 5.91 Å². The largest absolute Gasteiger partial charge is 0.330 e. The maximum absolute atomic E-state index is 11.6. The molecule has 0 atom stereocenters. The van der Waals surface area contributed by atoms with E-state index in [0.717, 1.165) is 4.88 Å². The number of rotatable bonds is 1. The van der Waals surface area contributed by atoms with Gasteiger partial charge in [-0.15, -0.1) is 11.3 Å². The highest BCUT2D eigenvalue weighted by molar-refractivity contribution is 7.12. The minimum absolute atomic E-state index is 0.0131. The quantitative estimate of drug-likeness (QED) is 0.674. The van der Waals surface area contributed by atoms with Crippen molar-refractivity contribution in [3.05, 3.63) is 22.4 Å². The first-order valence-corrected chi connectivity index (χ1v) is 5.00. The Morgan fingerprint density at radius 2 is 2.38 bits per heavy atom. The van der Waals surface area contributed by atoms with Gasteiger partial charge in [-0.2, -0.15) is 0 Å². The lowest BCUT2D eigenvalue weighted by Crippen LogP contribution is -2.27. The molecule has 1 amide bonds. The molecule has 0 saturated carbocycles. The lowest BCUT2D eigenvalue weighted by molar-refractivity contribution is -0.116. The van der Waals surface area contributed by atoms with Crippen LogP contribution in [-0.4, -0.2) is 29.7 Å². The molecule has 0 bridgehead atoms. The molecule has 2 rings (SSSR count). The summed E-state index contributed by atoms with van der Waals surface area (Å²) in [7, 11) is 0. The normalized spacial score (nSPS) is 16.6. The fraction of sp³-hybridized carbons (Fsp3) is 0.333. The average Bonchev–Trinajstić information content (AvgIpc) is 2.72. The van der Waals surface area contributed by atoms with E-state index >= 15 is 0 Å². The van der Waals surface area contributed by atoms with Crippen LogP contribution in [0.1, 0.15) is 16.1 Å². The number of hydrogen-bond acceptors (Lipinski definition) is 3. The van der Waals surface area contributed by atoms with Crippen molar-refractivity contribution in [2.75, 3.05) is 13.1 Å². The molecule has 3 nitrogen and oxygen atoms in total. The van der Waals surface area contributed by atoms with E-state index in [1.54, 1.807) is 11.0 Å². The lowest BCUT2D eigenvalue weighted by Gasteiger charge is -2.11. The Labute approximate surface area is 80.0 Å². The number of carbonyl (C=O) groups excluding carboxylic acids is 2. The fourth-order valence-electron chi connectivity index (χ4n) is 1.36. The molecular formula is C9H9NO2S. The molecule has 0 aliphatic carbocycles. The molecule has 0 radical (unpaired) electrons. The second kappa shape index (κ2) is 3.30. The molecular weight excluding hydrogens is 186 g/mol. The summed E-state index contributed by atoms with van der Waals surface area (Å²) < 4.78 is 0. The van der Waals surface area contributed by atoms with Crippen molar-refractivity contribution in [3.63, 3.8) is 0 Å². The van der Waals surface area contributed by atoms with Crippen molar-refractivity contribution in [2.45, 2.75) is 6.42 Å². The first-order chi connectivity index (χ1) is 6.27. The Hall–Kier alpha value is -1.16. The van der Waals surface area contributed by atoms with Gasteiger partial charge in [-0.05, 0) is 11.4 Å². The van der Waals surface area contributed by atoms with E-state index in [0.29, 0.717) is 13.0 Å². The molecule has 4 heteroatoms. The van der Waals surface area contributed by atoms with E-state index in [9.17, 15) is 9.59 Å². The third-order valence-electron chi connectivity index (χ3n) is 2.05. The Morgan fingerprint density at radius 1 is 1.54 bits per heavy atom. The molecule has 2 heterocycles. The number of likely N-dealkylation sites (tertiary alicyclic amines) is 1. The topological polar surface area (TPSA) is 37.4 Å². The van der Waals surface area contributed by atoms with Gasteiger partial charge >= 0.3 is 0 Å². The van der Waals surface area contributed by atoms with Gasteiger partial charge in [0.05, 0.1) is 11.4 Å². The maximum Gasteiger partial charge on any atom is 0.264 e. The van der Waals surface area contributed by atoms with E-state index in [4.69, 9.17) is 0 Å². The first kappa shape index (κ1) is 8.44. The molecule has 0 N–H and O–H groups in total. The molecule has 1 aliphatic rings. The van der Waals surface area contributed by atoms with Crippen LogP contribution in [0.2, 0.25) is 0 Å². The number of thiophene rings is 1. The third kappa shape index (κ3) is 1.62. The maximum atomic E-state index is 11.6. The number of nitrogens with zero attached hydrogens (tertiary/aromatic N) is 1. The summed E-state index contributed by atoms with van der Waals surface area (Å²) in [6, 6.07) is 3.63. The smallest absolute Gasteiger partial charge is 0.264 e. The predicted molar refractivity (Wildman–Crippen MR) is 49.8 cm³/mol. The Kier molecular flexibility index (Phi) is 2.14. The molecule has 1 aliphatic heterocycles. The summed E-state index contributed by atoms with van der Waals surface area (Å²) in [5.74, 6) is 0.144. The number of Topliss-reactive ketones (excluding diaryl/α,β-unsaturated/α-hetero) is 1. The van der Waals surface area contributed by atoms with Gasteiger partial charge in [-0.3, -0.25) is 9.59 Å². The van der Waals surface area contributed by atoms with E-state index in [1.165, 1.54) is 11.3 Å². The molecule has 0 aromatic carbocycles. The van der Waals surface area contributed by atoms with Gasteiger partial charge in [0.2, 0.25) is 0 Å². The summed E-state index contributed by atoms with van der Waals surface area (Å²) in [5.41, 5.74) is 0. The van der Waals surface area contributed by atoms with E-state index in [1.807, 2.05) is 11.4 Å². The molecule has 0 unspecified atom stereocenters. The van der Waals surface area contributed by atoms with Crippen LogP contribution in [0.15, 0.2) is 17.5 Å². The van der Waals surface area contributed by atoms with Crippen molar-refractivity contribution in [1.29, 1.82) is 0 Å². The van der Waals surface area contributed by atoms with Crippen molar-refractivity contribution >= 4 is 23.0 Å². The molecule has 0 spiro atoms. The van der Waals surface area contributed by atoms with Crippen LogP contribution in [0.25, 0.3) is 0 Å². The van der Waals surface area contributed by atoms with Crippen molar-refractivity contribution in [3.8, 4) is 0 Å². The molecule has 13 heavy (non-hydrogen) atoms. The van der Waals surface area contributed by atoms with Crippen LogP contribution in [0, 0.1) is 0 Å². The van der Waals surface area contributed by atoms with Gasteiger partial charge in [0.1, 0.15) is 0 Å². The zero-order chi connectivity index (χ0) is 9.26. The summed E-state index contributed by atoms with van der Waals surface area (Å²) in [6.45, 7) is 0.867. The van der Waals surface area contributed by atoms with Gasteiger partial charge < -0.3 is 4.90 Å². The van der Waals surface area contributed by atoms with E-state index in [2.05, 4.69) is 0 Å². The van der Waals surface area contributed by atoms with Crippen LogP contribution in [0.3, 0.4) is 0 Å². The van der Waals surface area contributed by atoms with Gasteiger partial charge in [-0.25, -0.2) is 0 Å². The van der Waals surface area contributed by atoms with Crippen LogP contribution < -0.4 is 0 Å². The second-order valence-corrected chi connectivity index (χ2v) is 3.94. The molecule has 1 aromatic rings. The standard InChI is InChI=1S/C9H9NO2S/c11-7-3-4-10(6-7)9(12)8-2-1-5-13-8/h1-2,5H,3-4,6H2. The highest BCUT2D eigenvalue weighted by Gasteiger charge is 2.24. The zero-order valence-corrected chi connectivity index (χ0v) is 7.84. The molecule has 1 aromatic heterocycles. The monoisotopic (exact) mass is 195 g/mol. The van der Waals surface area contributed by atoms with Gasteiger partial charge in [0.15, 0.2) is 5.78 Å². The Morgan fingerprint density at radius 3 is 2.92 bits per heavy atom. The highest BCUT2D eigenvalue weighted by Crippen LogP contribution is 2.14. The van der Waals surface area contributed by atoms with Crippen LogP contribution in [0.4, 0.5) is 0 Å². The number of carbonyl (C=O) groups is 2. The molecule has 1 fully saturated rings. The van der Waals surface area contributed by atoms with E-state index < -0.39 is 0 Å². The van der Waals surface area contributed by atoms with Crippen LogP contribution in [0.5, 0.6) is 0 Å². The zero-order valence-electron chi connectivity index (χ0n) is 7.03. The minimum Gasteiger partial charge on any atom is -0.330 e. The number of ketones is 1. The van der Waals surface area contributed by atoms with Crippen LogP contribution >= 0.6 is 11.3 Å². The van der Waals surface area contributed by atoms with Crippen molar-refractivity contribution in [2.24, 2.45) is 0 Å². The Balaban J connectivity index is 2.10. The first-order valence-electron chi connectivity index (χ1n) is 4.12. The lowest BCUT2D eigenvalue weighted by atomic mass is 10.4. The summed E-state index contributed by atoms with van der Waals surface area (Å²) in [5, 5.41) is 1.87. The number of amides is 1. The SMILES string of the molecule is O=C1CCN(C(=O)c2cccs2)C1. The predicted octanol–water partition coefficient (Wildman–Crippen LogP) is 1.16. The molecule has 68 valence electrons. The summed E-state index contributed by atoms with van der Waals surface area (Å²) in [4.78, 5) is 24.9. The third-order valence-corrected chi connectivity index (χ3v) is 2.90. The van der Waals surface area contributed by atoms with Crippen molar-refractivity contribution < 1.29 is 9.59 Å². The Bertz CT molecular complexity index is 331. The van der Waals surface area contributed by atoms with Gasteiger partial charge in [0, 0.05) is 13.0 Å². The summed E-state index contributed by atoms with van der Waals surface area (Å²) in [6.07, 6.45) is 0.511. The molecule has 1 saturated heterocycles. The fourth-order valence-corrected chi connectivity index (χ4v) is 2.05.